The molecule has 0 atom stereocenters. The fourth-order valence-corrected chi connectivity index (χ4v) is 0.0680. The van der Waals surface area contributed by atoms with Crippen LogP contribution in [-0.4, -0.2) is 36.3 Å². The van der Waals surface area contributed by atoms with Crippen molar-refractivity contribution in [2.24, 2.45) is 0 Å². The average Bonchev–Trinajstić information content (AvgIpc) is 1.35. The second-order valence-electron chi connectivity index (χ2n) is 0.500. The first-order chi connectivity index (χ1) is 2.77. The smallest absolute Gasteiger partial charge is 0.424 e. The summed E-state index contributed by atoms with van der Waals surface area (Å²) >= 11 is 0. The van der Waals surface area contributed by atoms with Crippen LogP contribution in [0.5, 0.6) is 0 Å². The van der Waals surface area contributed by atoms with E-state index in [1.807, 2.05) is 0 Å². The molecule has 0 saturated heterocycles. The normalized spacial score (nSPS) is 6.43. The summed E-state index contributed by atoms with van der Waals surface area (Å²) in [6.45, 7) is 0. The molecule has 0 fully saturated rings. The number of rotatable bonds is 1. The Labute approximate surface area is 56.5 Å². The minimum absolute atomic E-state index is 0. The van der Waals surface area contributed by atoms with Gasteiger partial charge in [-0.25, -0.2) is 0 Å². The van der Waals surface area contributed by atoms with Gasteiger partial charge >= 0.3 is 23.1 Å². The van der Waals surface area contributed by atoms with Crippen molar-refractivity contribution in [3.63, 3.8) is 0 Å². The van der Waals surface area contributed by atoms with Crippen LogP contribution in [0.1, 0.15) is 0 Å². The Morgan fingerprint density at radius 1 is 1.71 bits per heavy atom. The molecule has 0 spiro atoms. The van der Waals surface area contributed by atoms with Crippen LogP contribution in [0.3, 0.4) is 0 Å². The molecule has 0 radical (unpaired) electrons. The van der Waals surface area contributed by atoms with E-state index in [-0.39, 0.29) is 23.1 Å². The number of carbonyl (C=O) groups excluding carboxylic acids is 1. The molecule has 0 N–H and O–H groups in total. The quantitative estimate of drug-likeness (QED) is 0.238. The van der Waals surface area contributed by atoms with Gasteiger partial charge in [0.2, 0.25) is 0 Å². The van der Waals surface area contributed by atoms with Crippen LogP contribution in [0.25, 0.3) is 0 Å². The van der Waals surface area contributed by atoms with E-state index in [1.165, 1.54) is 0 Å². The van der Waals surface area contributed by atoms with Gasteiger partial charge < -0.3 is 14.8 Å². The predicted molar refractivity (Wildman–Crippen MR) is 19.2 cm³/mol. The van der Waals surface area contributed by atoms with Crippen molar-refractivity contribution in [3.05, 3.63) is 0 Å². The Kier molecular flexibility index (Phi) is 8.63. The van der Waals surface area contributed by atoms with E-state index < -0.39 is 6.16 Å². The molecule has 0 aromatic rings. The molecular weight excluding hydrogens is 112 g/mol. The maximum absolute atomic E-state index is 9.14. The number of carboxylic acid groups (broad SMARTS) is 1. The summed E-state index contributed by atoms with van der Waals surface area (Å²) < 4.78 is 0. The summed E-state index contributed by atoms with van der Waals surface area (Å²) in [5, 5.41) is 9.14. The van der Waals surface area contributed by atoms with Gasteiger partial charge in [-0.05, 0) is 0 Å². The molecule has 0 amide bonds. The monoisotopic (exact) mass is 115 g/mol. The van der Waals surface area contributed by atoms with Gasteiger partial charge in [0.15, 0.2) is 0 Å². The molecule has 0 unspecified atom stereocenters. The molecule has 0 saturated carbocycles. The first kappa shape index (κ1) is 10.1. The summed E-state index contributed by atoms with van der Waals surface area (Å²) in [7, 11) is 1.08. The third-order valence-electron chi connectivity index (χ3n) is 0.151. The van der Waals surface area contributed by atoms with E-state index in [1.54, 1.807) is 0 Å². The van der Waals surface area contributed by atoms with E-state index in [4.69, 9.17) is 9.90 Å². The van der Waals surface area contributed by atoms with E-state index in [0.717, 1.165) is 7.11 Å². The molecule has 0 aliphatic carbocycles. The Morgan fingerprint density at radius 3 is 2.14 bits per heavy atom. The van der Waals surface area contributed by atoms with Gasteiger partial charge in [0, 0.05) is 0 Å². The second kappa shape index (κ2) is 6.00. The Morgan fingerprint density at radius 2 is 2.14 bits per heavy atom. The largest absolute Gasteiger partial charge is 2.00 e. The van der Waals surface area contributed by atoms with Crippen molar-refractivity contribution in [2.45, 2.75) is 0 Å². The second-order valence-corrected chi connectivity index (χ2v) is 0.500. The first-order valence-electron chi connectivity index (χ1n) is 1.19. The van der Waals surface area contributed by atoms with Crippen molar-refractivity contribution in [2.75, 3.05) is 7.11 Å². The van der Waals surface area contributed by atoms with Crippen molar-refractivity contribution >= 4 is 29.2 Å². The number of carbonyl (C=O) groups is 1. The van der Waals surface area contributed by atoms with Crippen LogP contribution >= 0.6 is 0 Å². The summed E-state index contributed by atoms with van der Waals surface area (Å²) in [6, 6.07) is 0. The topological polar surface area (TPSA) is 58.6 Å². The Bertz CT molecular complexity index is 53.7. The van der Waals surface area contributed by atoms with Gasteiger partial charge in [-0.2, -0.15) is 0 Å². The molecule has 5 heteroatoms. The molecule has 0 heterocycles. The molecule has 0 aliphatic heterocycles. The van der Waals surface area contributed by atoms with E-state index >= 15 is 0 Å². The minimum atomic E-state index is -1.68. The Balaban J connectivity index is 0. The van der Waals surface area contributed by atoms with Crippen molar-refractivity contribution in [3.8, 4) is 0 Å². The molecule has 0 aromatic carbocycles. The average molecular weight is 115 g/mol. The summed E-state index contributed by atoms with van der Waals surface area (Å²) in [4.78, 5) is 16.1. The summed E-state index contributed by atoms with van der Waals surface area (Å²) in [6.07, 6.45) is -1.68. The molecule has 0 bridgehead atoms. The van der Waals surface area contributed by atoms with E-state index in [9.17, 15) is 0 Å². The minimum Gasteiger partial charge on any atom is -0.424 e. The zero-order valence-electron chi connectivity index (χ0n) is 3.84. The zero-order chi connectivity index (χ0) is 4.99. The zero-order valence-corrected chi connectivity index (χ0v) is 5.25. The van der Waals surface area contributed by atoms with E-state index in [0.29, 0.717) is 0 Å². The maximum atomic E-state index is 9.14. The van der Waals surface area contributed by atoms with Gasteiger partial charge in [0.1, 0.15) is 0 Å². The van der Waals surface area contributed by atoms with Crippen molar-refractivity contribution < 1.29 is 19.7 Å². The van der Waals surface area contributed by atoms with Gasteiger partial charge in [-0.1, -0.05) is 0 Å². The fraction of sp³-hybridized carbons (Fsp3) is 0.500. The van der Waals surface area contributed by atoms with Gasteiger partial charge in [0.25, 0.3) is 6.16 Å². The SMILES string of the molecule is COOC(=O)[O-].[Mg+2]. The maximum Gasteiger partial charge on any atom is 2.00 e. The third kappa shape index (κ3) is 10.7. The van der Waals surface area contributed by atoms with Crippen molar-refractivity contribution in [1.29, 1.82) is 0 Å². The molecular formula is C2H3MgO4+. The van der Waals surface area contributed by atoms with Crippen LogP contribution in [0.2, 0.25) is 0 Å². The standard InChI is InChI=1S/C2H4O4.Mg/c1-5-6-2(3)4;/h1H3,(H,3,4);/q;+2/p-1. The first-order valence-corrected chi connectivity index (χ1v) is 1.19. The molecule has 36 valence electrons. The number of hydrogen-bond acceptors (Lipinski definition) is 4. The van der Waals surface area contributed by atoms with Crippen LogP contribution in [-0.2, 0) is 9.78 Å². The molecule has 0 aliphatic rings. The van der Waals surface area contributed by atoms with Crippen LogP contribution in [0.4, 0.5) is 4.79 Å². The van der Waals surface area contributed by atoms with Crippen LogP contribution in [0, 0.1) is 0 Å². The number of hydrogen-bond donors (Lipinski definition) is 0. The van der Waals surface area contributed by atoms with Crippen molar-refractivity contribution in [1.82, 2.24) is 0 Å². The molecule has 0 aromatic heterocycles. The van der Waals surface area contributed by atoms with Gasteiger partial charge in [-0.15, -0.1) is 0 Å². The van der Waals surface area contributed by atoms with Crippen LogP contribution < -0.4 is 5.11 Å². The Hall–Kier alpha value is -0.00377. The van der Waals surface area contributed by atoms with Gasteiger partial charge in [-0.3, -0.25) is 4.89 Å². The van der Waals surface area contributed by atoms with Crippen LogP contribution in [0.15, 0.2) is 0 Å². The summed E-state index contributed by atoms with van der Waals surface area (Å²) in [5.74, 6) is 0. The fourth-order valence-electron chi connectivity index (χ4n) is 0.0680. The summed E-state index contributed by atoms with van der Waals surface area (Å²) in [5.41, 5.74) is 0. The molecule has 0 rings (SSSR count). The molecule has 4 nitrogen and oxygen atoms in total. The van der Waals surface area contributed by atoms with Gasteiger partial charge in [0.05, 0.1) is 7.11 Å². The molecule has 7 heavy (non-hydrogen) atoms. The predicted octanol–water partition coefficient (Wildman–Crippen LogP) is -1.47. The van der Waals surface area contributed by atoms with E-state index in [2.05, 4.69) is 9.78 Å². The third-order valence-corrected chi connectivity index (χ3v) is 0.151.